The summed E-state index contributed by atoms with van der Waals surface area (Å²) < 4.78 is 25.8. The van der Waals surface area contributed by atoms with Gasteiger partial charge < -0.3 is 0 Å². The molecule has 1 rings (SSSR count). The van der Waals surface area contributed by atoms with E-state index in [0.717, 1.165) is 12.8 Å². The molecular weight excluding hydrogens is 278 g/mol. The zero-order valence-electron chi connectivity index (χ0n) is 9.61. The molecule has 0 aromatic rings. The number of hydrogen-bond donors (Lipinski definition) is 0. The van der Waals surface area contributed by atoms with Crippen molar-refractivity contribution in [2.24, 2.45) is 5.92 Å². The zero-order valence-corrected chi connectivity index (χ0v) is 12.0. The molecule has 1 aliphatic rings. The van der Waals surface area contributed by atoms with Crippen LogP contribution in [-0.4, -0.2) is 35.9 Å². The maximum atomic E-state index is 12.1. The lowest BCUT2D eigenvalue weighted by molar-refractivity contribution is 0.275. The summed E-state index contributed by atoms with van der Waals surface area (Å²) in [6, 6.07) is 0.155. The first-order valence-corrected chi connectivity index (χ1v) is 7.99. The number of halogens is 1. The lowest BCUT2D eigenvalue weighted by Crippen LogP contribution is -2.47. The molecule has 0 amide bonds. The van der Waals surface area contributed by atoms with Gasteiger partial charge in [-0.3, -0.25) is 0 Å². The first-order valence-electron chi connectivity index (χ1n) is 5.46. The highest BCUT2D eigenvalue weighted by atomic mass is 79.9. The van der Waals surface area contributed by atoms with Crippen molar-refractivity contribution in [3.05, 3.63) is 0 Å². The molecule has 5 heteroatoms. The highest BCUT2D eigenvalue weighted by molar-refractivity contribution is 9.09. The van der Waals surface area contributed by atoms with E-state index in [4.69, 9.17) is 0 Å². The quantitative estimate of drug-likeness (QED) is 0.749. The number of sulfonamides is 1. The molecular formula is C10H20BrNO2S. The lowest BCUT2D eigenvalue weighted by Gasteiger charge is -2.35. The minimum Gasteiger partial charge on any atom is -0.212 e. The van der Waals surface area contributed by atoms with Crippen LogP contribution in [0.4, 0.5) is 0 Å². The predicted octanol–water partition coefficient (Wildman–Crippen LogP) is 2.22. The van der Waals surface area contributed by atoms with Crippen LogP contribution < -0.4 is 0 Å². The third kappa shape index (κ3) is 3.71. The molecule has 1 heterocycles. The Bertz CT molecular complexity index is 303. The number of nitrogens with zero attached hydrogens (tertiary/aromatic N) is 1. The molecule has 1 saturated heterocycles. The summed E-state index contributed by atoms with van der Waals surface area (Å²) >= 11 is 3.51. The molecule has 0 aromatic carbocycles. The molecule has 1 fully saturated rings. The molecule has 90 valence electrons. The summed E-state index contributed by atoms with van der Waals surface area (Å²) in [7, 11) is -3.06. The monoisotopic (exact) mass is 297 g/mol. The highest BCUT2D eigenvalue weighted by Gasteiger charge is 2.32. The van der Waals surface area contributed by atoms with Crippen molar-refractivity contribution in [3.63, 3.8) is 0 Å². The van der Waals surface area contributed by atoms with Crippen LogP contribution in [0.3, 0.4) is 0 Å². The SMILES string of the molecule is CC(C)CS(=O)(=O)N1CC(Br)CCC1C. The van der Waals surface area contributed by atoms with Crippen LogP contribution in [0.2, 0.25) is 0 Å². The number of piperidine rings is 1. The summed E-state index contributed by atoms with van der Waals surface area (Å²) in [4.78, 5) is 0.315. The molecule has 15 heavy (non-hydrogen) atoms. The Morgan fingerprint density at radius 2 is 2.00 bits per heavy atom. The van der Waals surface area contributed by atoms with Gasteiger partial charge in [0.15, 0.2) is 0 Å². The Hall–Kier alpha value is 0.390. The van der Waals surface area contributed by atoms with Crippen LogP contribution in [0.25, 0.3) is 0 Å². The normalized spacial score (nSPS) is 29.7. The van der Waals surface area contributed by atoms with Gasteiger partial charge in [0, 0.05) is 17.4 Å². The van der Waals surface area contributed by atoms with Crippen molar-refractivity contribution >= 4 is 26.0 Å². The van der Waals surface area contributed by atoms with Crippen LogP contribution >= 0.6 is 15.9 Å². The smallest absolute Gasteiger partial charge is 0.212 e. The minimum absolute atomic E-state index is 0.155. The fourth-order valence-electron chi connectivity index (χ4n) is 1.94. The van der Waals surface area contributed by atoms with Gasteiger partial charge in [-0.05, 0) is 25.7 Å². The van der Waals surface area contributed by atoms with E-state index in [-0.39, 0.29) is 17.7 Å². The number of alkyl halides is 1. The third-order valence-corrected chi connectivity index (χ3v) is 5.73. The van der Waals surface area contributed by atoms with Gasteiger partial charge in [-0.1, -0.05) is 29.8 Å². The molecule has 1 aliphatic heterocycles. The fourth-order valence-corrected chi connectivity index (χ4v) is 4.80. The van der Waals surface area contributed by atoms with Gasteiger partial charge >= 0.3 is 0 Å². The Balaban J connectivity index is 2.76. The number of hydrogen-bond acceptors (Lipinski definition) is 2. The van der Waals surface area contributed by atoms with Crippen molar-refractivity contribution in [1.82, 2.24) is 4.31 Å². The second-order valence-electron chi connectivity index (χ2n) is 4.77. The highest BCUT2D eigenvalue weighted by Crippen LogP contribution is 2.25. The standard InChI is InChI=1S/C10H20BrNO2S/c1-8(2)7-15(13,14)12-6-10(11)5-4-9(12)3/h8-10H,4-7H2,1-3H3. The fraction of sp³-hybridized carbons (Fsp3) is 1.00. The summed E-state index contributed by atoms with van der Waals surface area (Å²) in [5.41, 5.74) is 0. The van der Waals surface area contributed by atoms with Crippen molar-refractivity contribution in [3.8, 4) is 0 Å². The van der Waals surface area contributed by atoms with E-state index in [9.17, 15) is 8.42 Å². The first kappa shape index (κ1) is 13.5. The lowest BCUT2D eigenvalue weighted by atomic mass is 10.1. The Morgan fingerprint density at radius 1 is 1.40 bits per heavy atom. The molecule has 2 atom stereocenters. The molecule has 0 N–H and O–H groups in total. The van der Waals surface area contributed by atoms with E-state index in [2.05, 4.69) is 15.9 Å². The van der Waals surface area contributed by atoms with Crippen LogP contribution in [-0.2, 0) is 10.0 Å². The minimum atomic E-state index is -3.06. The first-order chi connectivity index (χ1) is 6.83. The molecule has 0 bridgehead atoms. The average Bonchev–Trinajstić information content (AvgIpc) is 2.06. The molecule has 0 radical (unpaired) electrons. The Morgan fingerprint density at radius 3 is 2.53 bits per heavy atom. The van der Waals surface area contributed by atoms with Gasteiger partial charge in [0.1, 0.15) is 0 Å². The van der Waals surface area contributed by atoms with E-state index >= 15 is 0 Å². The summed E-state index contributed by atoms with van der Waals surface area (Å²) in [5, 5.41) is 0. The van der Waals surface area contributed by atoms with Gasteiger partial charge in [0.25, 0.3) is 0 Å². The van der Waals surface area contributed by atoms with Gasteiger partial charge in [-0.2, -0.15) is 4.31 Å². The van der Waals surface area contributed by atoms with Crippen LogP contribution in [0, 0.1) is 5.92 Å². The Labute approximate surface area is 101 Å². The number of rotatable bonds is 3. The van der Waals surface area contributed by atoms with E-state index in [1.807, 2.05) is 20.8 Å². The Kier molecular flexibility index (Phi) is 4.62. The van der Waals surface area contributed by atoms with E-state index in [0.29, 0.717) is 11.4 Å². The van der Waals surface area contributed by atoms with E-state index in [1.54, 1.807) is 4.31 Å². The predicted molar refractivity (Wildman–Crippen MR) is 66.7 cm³/mol. The molecule has 0 aliphatic carbocycles. The second kappa shape index (κ2) is 5.15. The summed E-state index contributed by atoms with van der Waals surface area (Å²) in [5.74, 6) is 0.453. The largest absolute Gasteiger partial charge is 0.214 e. The molecule has 3 nitrogen and oxygen atoms in total. The maximum Gasteiger partial charge on any atom is 0.214 e. The molecule has 0 saturated carbocycles. The van der Waals surface area contributed by atoms with Gasteiger partial charge in [0.05, 0.1) is 5.75 Å². The van der Waals surface area contributed by atoms with Crippen LogP contribution in [0.5, 0.6) is 0 Å². The molecule has 0 spiro atoms. The zero-order chi connectivity index (χ0) is 11.6. The molecule has 0 aromatic heterocycles. The van der Waals surface area contributed by atoms with Crippen LogP contribution in [0.1, 0.15) is 33.6 Å². The second-order valence-corrected chi connectivity index (χ2v) is 8.03. The molecule has 2 unspecified atom stereocenters. The maximum absolute atomic E-state index is 12.1. The summed E-state index contributed by atoms with van der Waals surface area (Å²) in [6.07, 6.45) is 2.02. The topological polar surface area (TPSA) is 37.4 Å². The van der Waals surface area contributed by atoms with Crippen LogP contribution in [0.15, 0.2) is 0 Å². The van der Waals surface area contributed by atoms with Crippen molar-refractivity contribution in [2.45, 2.75) is 44.5 Å². The third-order valence-electron chi connectivity index (χ3n) is 2.67. The van der Waals surface area contributed by atoms with Crippen molar-refractivity contribution in [1.29, 1.82) is 0 Å². The van der Waals surface area contributed by atoms with E-state index in [1.165, 1.54) is 0 Å². The van der Waals surface area contributed by atoms with Gasteiger partial charge in [-0.15, -0.1) is 0 Å². The average molecular weight is 298 g/mol. The van der Waals surface area contributed by atoms with Gasteiger partial charge in [-0.25, -0.2) is 8.42 Å². The van der Waals surface area contributed by atoms with Crippen molar-refractivity contribution < 1.29 is 8.42 Å². The summed E-state index contributed by atoms with van der Waals surface area (Å²) in [6.45, 7) is 6.50. The van der Waals surface area contributed by atoms with E-state index < -0.39 is 10.0 Å². The van der Waals surface area contributed by atoms with Gasteiger partial charge in [0.2, 0.25) is 10.0 Å². The van der Waals surface area contributed by atoms with Crippen molar-refractivity contribution in [2.75, 3.05) is 12.3 Å².